The summed E-state index contributed by atoms with van der Waals surface area (Å²) in [4.78, 5) is 27.5. The number of nitrogens with zero attached hydrogens (tertiary/aromatic N) is 1. The van der Waals surface area contributed by atoms with Gasteiger partial charge >= 0.3 is 0 Å². The predicted octanol–water partition coefficient (Wildman–Crippen LogP) is 4.34. The summed E-state index contributed by atoms with van der Waals surface area (Å²) < 4.78 is 6.00. The molecule has 0 spiro atoms. The van der Waals surface area contributed by atoms with E-state index in [1.54, 1.807) is 12.1 Å². The van der Waals surface area contributed by atoms with Crippen molar-refractivity contribution in [1.29, 1.82) is 0 Å². The molecule has 0 saturated carbocycles. The van der Waals surface area contributed by atoms with Gasteiger partial charge in [-0.15, -0.1) is 0 Å². The van der Waals surface area contributed by atoms with Crippen molar-refractivity contribution in [2.24, 2.45) is 0 Å². The van der Waals surface area contributed by atoms with Gasteiger partial charge in [-0.1, -0.05) is 31.2 Å². The van der Waals surface area contributed by atoms with Crippen molar-refractivity contribution in [2.45, 2.75) is 46.1 Å². The third kappa shape index (κ3) is 4.35. The number of ether oxygens (including phenoxy) is 1. The van der Waals surface area contributed by atoms with E-state index < -0.39 is 6.10 Å². The van der Waals surface area contributed by atoms with Gasteiger partial charge in [-0.3, -0.25) is 9.59 Å². The third-order valence-electron chi connectivity index (χ3n) is 5.30. The summed E-state index contributed by atoms with van der Waals surface area (Å²) in [6.45, 7) is 7.46. The molecule has 5 nitrogen and oxygen atoms in total. The van der Waals surface area contributed by atoms with Crippen molar-refractivity contribution in [3.8, 4) is 5.75 Å². The van der Waals surface area contributed by atoms with Crippen LogP contribution in [0.5, 0.6) is 5.75 Å². The summed E-state index contributed by atoms with van der Waals surface area (Å²) in [5.74, 6) is 0.436. The highest BCUT2D eigenvalue weighted by atomic mass is 16.5. The highest BCUT2D eigenvalue weighted by Gasteiger charge is 2.25. The molecule has 0 bridgehead atoms. The number of aryl methyl sites for hydroxylation is 1. The first kappa shape index (κ1) is 19.9. The molecule has 1 fully saturated rings. The maximum absolute atomic E-state index is 12.9. The highest BCUT2D eigenvalue weighted by molar-refractivity contribution is 6.04. The first-order valence-corrected chi connectivity index (χ1v) is 9.93. The number of nitrogens with one attached hydrogen (secondary N) is 1. The van der Waals surface area contributed by atoms with Gasteiger partial charge in [0.05, 0.1) is 11.3 Å². The molecule has 0 radical (unpaired) electrons. The Morgan fingerprint density at radius 1 is 1.07 bits per heavy atom. The van der Waals surface area contributed by atoms with Gasteiger partial charge in [0.2, 0.25) is 0 Å². The molecule has 1 atom stereocenters. The molecular weight excluding hydrogens is 352 g/mol. The lowest BCUT2D eigenvalue weighted by Gasteiger charge is -2.21. The summed E-state index contributed by atoms with van der Waals surface area (Å²) in [5, 5.41) is 2.91. The van der Waals surface area contributed by atoms with Crippen molar-refractivity contribution in [3.05, 3.63) is 59.2 Å². The molecule has 2 aromatic rings. The van der Waals surface area contributed by atoms with Crippen molar-refractivity contribution in [1.82, 2.24) is 4.90 Å². The second-order valence-corrected chi connectivity index (χ2v) is 7.25. The smallest absolute Gasteiger partial charge is 0.265 e. The van der Waals surface area contributed by atoms with Crippen molar-refractivity contribution >= 4 is 17.5 Å². The molecule has 28 heavy (non-hydrogen) atoms. The van der Waals surface area contributed by atoms with E-state index in [2.05, 4.69) is 5.32 Å². The summed E-state index contributed by atoms with van der Waals surface area (Å²) in [6, 6.07) is 13.0. The van der Waals surface area contributed by atoms with Crippen molar-refractivity contribution in [2.75, 3.05) is 18.4 Å². The van der Waals surface area contributed by atoms with Crippen LogP contribution in [-0.4, -0.2) is 35.9 Å². The molecule has 0 unspecified atom stereocenters. The summed E-state index contributed by atoms with van der Waals surface area (Å²) in [5.41, 5.74) is 3.21. The van der Waals surface area contributed by atoms with E-state index in [-0.39, 0.29) is 11.8 Å². The minimum absolute atomic E-state index is 0.0307. The number of hydrogen-bond acceptors (Lipinski definition) is 3. The topological polar surface area (TPSA) is 58.6 Å². The number of hydrogen-bond donors (Lipinski definition) is 1. The van der Waals surface area contributed by atoms with Crippen LogP contribution in [0, 0.1) is 13.8 Å². The standard InChI is InChI=1S/C23H28N2O3/c1-4-20(28-21-13-9-10-16(2)17(21)3)22(26)24-19-12-6-5-11-18(19)23(27)25-14-7-8-15-25/h5-6,9-13,20H,4,7-8,14-15H2,1-3H3,(H,24,26)/t20-/m1/s1. The van der Waals surface area contributed by atoms with Crippen LogP contribution in [0.3, 0.4) is 0 Å². The van der Waals surface area contributed by atoms with Crippen LogP contribution >= 0.6 is 0 Å². The average molecular weight is 380 g/mol. The van der Waals surface area contributed by atoms with Gasteiger partial charge in [0.15, 0.2) is 6.10 Å². The molecule has 0 aromatic heterocycles. The Balaban J connectivity index is 1.76. The summed E-state index contributed by atoms with van der Waals surface area (Å²) in [6.07, 6.45) is 1.96. The number of likely N-dealkylation sites (tertiary alicyclic amines) is 1. The molecule has 1 aliphatic heterocycles. The van der Waals surface area contributed by atoms with Crippen LogP contribution in [0.1, 0.15) is 47.7 Å². The number of rotatable bonds is 6. The molecule has 0 aliphatic carbocycles. The second kappa shape index (κ2) is 8.91. The molecule has 1 saturated heterocycles. The molecule has 1 aliphatic rings. The van der Waals surface area contributed by atoms with E-state index in [4.69, 9.17) is 4.74 Å². The Kier molecular flexibility index (Phi) is 6.34. The zero-order valence-electron chi connectivity index (χ0n) is 16.8. The summed E-state index contributed by atoms with van der Waals surface area (Å²) >= 11 is 0. The van der Waals surface area contributed by atoms with Crippen molar-refractivity contribution < 1.29 is 14.3 Å². The second-order valence-electron chi connectivity index (χ2n) is 7.25. The zero-order chi connectivity index (χ0) is 20.1. The van der Waals surface area contributed by atoms with Gasteiger partial charge in [-0.25, -0.2) is 0 Å². The van der Waals surface area contributed by atoms with Crippen LogP contribution in [0.2, 0.25) is 0 Å². The van der Waals surface area contributed by atoms with Gasteiger partial charge in [0, 0.05) is 13.1 Å². The Morgan fingerprint density at radius 3 is 2.50 bits per heavy atom. The number of amides is 2. The van der Waals surface area contributed by atoms with Gasteiger partial charge in [0.25, 0.3) is 11.8 Å². The molecule has 148 valence electrons. The first-order chi connectivity index (χ1) is 13.5. The number of carbonyl (C=O) groups is 2. The Morgan fingerprint density at radius 2 is 1.79 bits per heavy atom. The van der Waals surface area contributed by atoms with E-state index in [9.17, 15) is 9.59 Å². The Hall–Kier alpha value is -2.82. The number of para-hydroxylation sites is 1. The fraction of sp³-hybridized carbons (Fsp3) is 0.391. The lowest BCUT2D eigenvalue weighted by atomic mass is 10.1. The normalized spacial score (nSPS) is 14.6. The zero-order valence-corrected chi connectivity index (χ0v) is 16.8. The first-order valence-electron chi connectivity index (χ1n) is 9.93. The van der Waals surface area contributed by atoms with E-state index in [0.717, 1.165) is 37.1 Å². The van der Waals surface area contributed by atoms with E-state index in [0.29, 0.717) is 23.4 Å². The van der Waals surface area contributed by atoms with Crippen LogP contribution < -0.4 is 10.1 Å². The molecule has 2 amide bonds. The minimum Gasteiger partial charge on any atom is -0.480 e. The van der Waals surface area contributed by atoms with Crippen LogP contribution in [0.15, 0.2) is 42.5 Å². The lowest BCUT2D eigenvalue weighted by molar-refractivity contribution is -0.122. The maximum atomic E-state index is 12.9. The highest BCUT2D eigenvalue weighted by Crippen LogP contribution is 2.24. The Bertz CT molecular complexity index is 857. The predicted molar refractivity (Wildman–Crippen MR) is 111 cm³/mol. The molecule has 1 heterocycles. The fourth-order valence-electron chi connectivity index (χ4n) is 3.41. The molecule has 3 rings (SSSR count). The average Bonchev–Trinajstić information content (AvgIpc) is 3.24. The quantitative estimate of drug-likeness (QED) is 0.811. The summed E-state index contributed by atoms with van der Waals surface area (Å²) in [7, 11) is 0. The lowest BCUT2D eigenvalue weighted by Crippen LogP contribution is -2.34. The molecule has 1 N–H and O–H groups in total. The van der Waals surface area contributed by atoms with Crippen molar-refractivity contribution in [3.63, 3.8) is 0 Å². The monoisotopic (exact) mass is 380 g/mol. The number of anilines is 1. The molecular formula is C23H28N2O3. The van der Waals surface area contributed by atoms with E-state index in [1.807, 2.05) is 56.0 Å². The molecule has 2 aromatic carbocycles. The minimum atomic E-state index is -0.629. The fourth-order valence-corrected chi connectivity index (χ4v) is 3.41. The van der Waals surface area contributed by atoms with Gasteiger partial charge in [-0.2, -0.15) is 0 Å². The Labute approximate surface area is 166 Å². The van der Waals surface area contributed by atoms with E-state index in [1.165, 1.54) is 0 Å². The van der Waals surface area contributed by atoms with Gasteiger partial charge < -0.3 is 15.0 Å². The van der Waals surface area contributed by atoms with Crippen LogP contribution in [-0.2, 0) is 4.79 Å². The maximum Gasteiger partial charge on any atom is 0.265 e. The van der Waals surface area contributed by atoms with Gasteiger partial charge in [0.1, 0.15) is 5.75 Å². The largest absolute Gasteiger partial charge is 0.480 e. The number of carbonyl (C=O) groups excluding carboxylic acids is 2. The van der Waals surface area contributed by atoms with Crippen LogP contribution in [0.4, 0.5) is 5.69 Å². The third-order valence-corrected chi connectivity index (χ3v) is 5.30. The molecule has 5 heteroatoms. The van der Waals surface area contributed by atoms with Gasteiger partial charge in [-0.05, 0) is 62.4 Å². The number of benzene rings is 2. The van der Waals surface area contributed by atoms with Crippen LogP contribution in [0.25, 0.3) is 0 Å². The van der Waals surface area contributed by atoms with E-state index >= 15 is 0 Å². The SMILES string of the molecule is CC[C@@H](Oc1cccc(C)c1C)C(=O)Nc1ccccc1C(=O)N1CCCC1.